The molecule has 0 radical (unpaired) electrons. The Morgan fingerprint density at radius 1 is 0.462 bits per heavy atom. The van der Waals surface area contributed by atoms with Crippen LogP contribution in [0.15, 0.2) is 170 Å². The average molecular weight is 1030 g/mol. The molecule has 0 spiro atoms. The molecular weight excluding hydrogens is 982 g/mol. The van der Waals surface area contributed by atoms with Crippen LogP contribution in [0.4, 0.5) is 0 Å². The average Bonchev–Trinajstić information content (AvgIpc) is 3.79. The number of nitrogens with zero attached hydrogens (tertiary/aromatic N) is 7. The zero-order chi connectivity index (χ0) is 44.3. The Kier molecular flexibility index (Phi) is 10.0. The molecule has 318 valence electrons. The summed E-state index contributed by atoms with van der Waals surface area (Å²) in [7, 11) is 0. The second-order valence-electron chi connectivity index (χ2n) is 16.6. The van der Waals surface area contributed by atoms with Gasteiger partial charge in [-0.3, -0.25) is 4.98 Å². The fourth-order valence-electron chi connectivity index (χ4n) is 9.34. The van der Waals surface area contributed by atoms with Crippen molar-refractivity contribution in [2.45, 2.75) is 34.6 Å². The van der Waals surface area contributed by atoms with E-state index in [1.807, 2.05) is 36.7 Å². The number of hydrogen-bond acceptors (Lipinski definition) is 5. The van der Waals surface area contributed by atoms with E-state index in [2.05, 4.69) is 206 Å². The van der Waals surface area contributed by atoms with Crippen molar-refractivity contribution in [3.63, 3.8) is 0 Å². The summed E-state index contributed by atoms with van der Waals surface area (Å²) in [5.74, 6) is 2.29. The molecule has 0 fully saturated rings. The van der Waals surface area contributed by atoms with E-state index < -0.39 is 0 Å². The Hall–Kier alpha value is -7.54. The van der Waals surface area contributed by atoms with Crippen LogP contribution in [0.5, 0.6) is 11.5 Å². The van der Waals surface area contributed by atoms with Gasteiger partial charge >= 0.3 is 318 Å². The van der Waals surface area contributed by atoms with Crippen molar-refractivity contribution in [3.8, 4) is 62.2 Å². The maximum atomic E-state index is 6.80. The van der Waals surface area contributed by atoms with E-state index in [0.717, 1.165) is 127 Å². The number of aryl methyl sites for hydroxylation is 5. The van der Waals surface area contributed by atoms with Crippen LogP contribution < -0.4 is 4.74 Å². The molecule has 0 aliphatic carbocycles. The molecule has 0 unspecified atom stereocenters. The third kappa shape index (κ3) is 7.20. The van der Waals surface area contributed by atoms with E-state index in [4.69, 9.17) is 19.7 Å². The Morgan fingerprint density at radius 2 is 1.06 bits per heavy atom. The van der Waals surface area contributed by atoms with Crippen LogP contribution in [-0.2, 0) is 19.4 Å². The number of imidazole rings is 1. The molecule has 0 aliphatic heterocycles. The summed E-state index contributed by atoms with van der Waals surface area (Å²) in [6.07, 6.45) is 3.74. The van der Waals surface area contributed by atoms with Gasteiger partial charge in [-0.25, -0.2) is 0 Å². The first-order chi connectivity index (χ1) is 31.7. The number of para-hydroxylation sites is 4. The molecule has 9 heteroatoms. The van der Waals surface area contributed by atoms with Gasteiger partial charge in [0.15, 0.2) is 0 Å². The van der Waals surface area contributed by atoms with Gasteiger partial charge in [-0.1, -0.05) is 18.2 Å². The second kappa shape index (κ2) is 16.2. The van der Waals surface area contributed by atoms with E-state index in [1.54, 1.807) is 0 Å². The summed E-state index contributed by atoms with van der Waals surface area (Å²) in [6.45, 7) is 10.4. The number of pyridine rings is 4. The fourth-order valence-corrected chi connectivity index (χ4v) is 10.4. The first kappa shape index (κ1) is 40.2. The number of benzene rings is 5. The standard InChI is InChI=1S/C56H43N7O.Pt/c1-35-26-55(58-33-49(35)50-19-10-11-25-57-50)63-51-20-7-6-16-47(51)48-24-23-44(32-54(48)63)64-43-15-12-14-42(31-43)61-34-62(53-22-9-8-21-52(53)61)56-45(40-27-36(2)59-37(3)28-40)17-13-18-46(56)41-29-38(4)60-39(5)30-41;/h6-33H,1-5H3;. The predicted molar refractivity (Wildman–Crippen MR) is 258 cm³/mol. The van der Waals surface area contributed by atoms with Crippen LogP contribution in [0, 0.1) is 38.4 Å². The zero-order valence-corrected chi connectivity index (χ0v) is 38.8. The summed E-state index contributed by atoms with van der Waals surface area (Å²) in [5.41, 5.74) is 17.7. The van der Waals surface area contributed by atoms with Crippen LogP contribution >= 0.6 is 0 Å². The van der Waals surface area contributed by atoms with E-state index in [0.29, 0.717) is 0 Å². The number of ether oxygens (including phenoxy) is 1. The Bertz CT molecular complexity index is 3620. The van der Waals surface area contributed by atoms with Gasteiger partial charge in [0.1, 0.15) is 0 Å². The molecule has 0 atom stereocenters. The van der Waals surface area contributed by atoms with Crippen LogP contribution in [0.3, 0.4) is 0 Å². The minimum atomic E-state index is 0.727. The molecule has 65 heavy (non-hydrogen) atoms. The molecule has 0 bridgehead atoms. The molecule has 8 nitrogen and oxygen atoms in total. The normalized spacial score (nSPS) is 11.6. The van der Waals surface area contributed by atoms with Gasteiger partial charge < -0.3 is 0 Å². The number of hydrogen-bond donors (Lipinski definition) is 0. The first-order valence-electron chi connectivity index (χ1n) is 21.6. The first-order valence-corrected chi connectivity index (χ1v) is 22.7. The van der Waals surface area contributed by atoms with Crippen molar-refractivity contribution in [1.82, 2.24) is 33.6 Å². The maximum absolute atomic E-state index is 6.80. The van der Waals surface area contributed by atoms with Gasteiger partial charge in [-0.15, -0.1) is 0 Å². The predicted octanol–water partition coefficient (Wildman–Crippen LogP) is 13.5. The number of rotatable bonds is 8. The molecule has 5 aromatic carbocycles. The van der Waals surface area contributed by atoms with E-state index in [-0.39, 0.29) is 0 Å². The Labute approximate surface area is 387 Å². The molecule has 0 amide bonds. The van der Waals surface area contributed by atoms with Crippen molar-refractivity contribution in [3.05, 3.63) is 202 Å². The molecule has 11 rings (SSSR count). The Balaban J connectivity index is 1.04. The summed E-state index contributed by atoms with van der Waals surface area (Å²) >= 11 is 2.49. The van der Waals surface area contributed by atoms with Crippen molar-refractivity contribution in [1.29, 1.82) is 0 Å². The molecule has 0 N–H and O–H groups in total. The van der Waals surface area contributed by atoms with E-state index >= 15 is 0 Å². The van der Waals surface area contributed by atoms with Crippen LogP contribution in [0.1, 0.15) is 28.3 Å². The molecule has 6 heterocycles. The van der Waals surface area contributed by atoms with Crippen molar-refractivity contribution in [2.75, 3.05) is 0 Å². The molecule has 6 aromatic heterocycles. The quantitative estimate of drug-likeness (QED) is 0.152. The summed E-state index contributed by atoms with van der Waals surface area (Å²) in [6, 6.07) is 55.2. The molecule has 11 aromatic rings. The van der Waals surface area contributed by atoms with Crippen LogP contribution in [0.2, 0.25) is 0 Å². The fraction of sp³-hybridized carbons (Fsp3) is 0.0893. The minimum absolute atomic E-state index is 0.727. The van der Waals surface area contributed by atoms with Crippen LogP contribution in [0.25, 0.3) is 83.5 Å². The third-order valence-electron chi connectivity index (χ3n) is 12.0. The van der Waals surface area contributed by atoms with Gasteiger partial charge in [-0.05, 0) is 24.6 Å². The summed E-state index contributed by atoms with van der Waals surface area (Å²) < 4.78 is 14.8. The molecule has 0 saturated heterocycles. The monoisotopic (exact) mass is 1020 g/mol. The van der Waals surface area contributed by atoms with E-state index in [1.165, 1.54) is 0 Å². The van der Waals surface area contributed by atoms with Crippen molar-refractivity contribution >= 4 is 32.8 Å². The second-order valence-corrected chi connectivity index (χ2v) is 17.6. The van der Waals surface area contributed by atoms with Crippen LogP contribution in [-0.4, -0.2) is 33.6 Å². The van der Waals surface area contributed by atoms with Gasteiger partial charge in [0.2, 0.25) is 0 Å². The zero-order valence-electron chi connectivity index (χ0n) is 36.5. The molecular formula is C56H43N7OPt. The van der Waals surface area contributed by atoms with Gasteiger partial charge in [-0.2, -0.15) is 0 Å². The third-order valence-corrected chi connectivity index (χ3v) is 13.0. The summed E-state index contributed by atoms with van der Waals surface area (Å²) in [4.78, 5) is 19.1. The van der Waals surface area contributed by atoms with Crippen molar-refractivity contribution < 1.29 is 24.1 Å². The van der Waals surface area contributed by atoms with E-state index in [9.17, 15) is 0 Å². The van der Waals surface area contributed by atoms with Gasteiger partial charge in [0, 0.05) is 18.0 Å². The SMILES string of the molecule is Cc1cc(-c2cccc(-c3cc(C)nc(C)c3)c2-n2[c](=[Pt])n(-c3cccc(Oc4ccc5c6ccccc6n(-c6cc(C)c(-c7ccccn7)cn6)c5c4)c3)c3ccccc32)cc(C)n1. The summed E-state index contributed by atoms with van der Waals surface area (Å²) in [5, 5.41) is 2.28. The van der Waals surface area contributed by atoms with Gasteiger partial charge in [0.25, 0.3) is 0 Å². The topological polar surface area (TPSA) is 75.6 Å². The van der Waals surface area contributed by atoms with Crippen molar-refractivity contribution in [2.24, 2.45) is 0 Å². The Morgan fingerprint density at radius 3 is 1.72 bits per heavy atom. The number of aromatic nitrogens is 7. The molecule has 0 saturated carbocycles. The van der Waals surface area contributed by atoms with Gasteiger partial charge in [0.05, 0.1) is 5.69 Å². The number of fused-ring (bicyclic) bond motifs is 4. The molecule has 0 aliphatic rings.